The van der Waals surface area contributed by atoms with E-state index in [1.165, 1.54) is 0 Å². The number of nitrogens with one attached hydrogen (secondary N) is 1. The molecule has 0 fully saturated rings. The van der Waals surface area contributed by atoms with E-state index in [9.17, 15) is 9.90 Å². The van der Waals surface area contributed by atoms with Gasteiger partial charge in [0.05, 0.1) is 13.7 Å². The molecule has 1 unspecified atom stereocenters. The van der Waals surface area contributed by atoms with Gasteiger partial charge < -0.3 is 20.9 Å². The first-order valence-corrected chi connectivity index (χ1v) is 4.93. The fraction of sp³-hybridized carbons (Fsp3) is 0.364. The van der Waals surface area contributed by atoms with E-state index < -0.39 is 5.91 Å². The Hall–Kier alpha value is -1.75. The smallest absolute Gasteiger partial charge is 0.231 e. The van der Waals surface area contributed by atoms with Crippen LogP contribution in [0.25, 0.3) is 0 Å². The van der Waals surface area contributed by atoms with Crippen LogP contribution in [0, 0.1) is 0 Å². The van der Waals surface area contributed by atoms with Gasteiger partial charge in [-0.15, -0.1) is 0 Å². The van der Waals surface area contributed by atoms with Crippen LogP contribution in [0.4, 0.5) is 0 Å². The maximum absolute atomic E-state index is 10.6. The number of benzene rings is 1. The first kappa shape index (κ1) is 12.3. The number of nitrogens with two attached hydrogens (primary N) is 1. The van der Waals surface area contributed by atoms with Gasteiger partial charge in [-0.3, -0.25) is 4.79 Å². The molecule has 5 heteroatoms. The van der Waals surface area contributed by atoms with Crippen molar-refractivity contribution in [2.75, 3.05) is 13.7 Å². The van der Waals surface area contributed by atoms with E-state index in [0.717, 1.165) is 0 Å². The Labute approximate surface area is 94.2 Å². The van der Waals surface area contributed by atoms with Crippen molar-refractivity contribution < 1.29 is 14.6 Å². The molecule has 5 nitrogen and oxygen atoms in total. The van der Waals surface area contributed by atoms with Crippen molar-refractivity contribution in [2.24, 2.45) is 5.73 Å². The summed E-state index contributed by atoms with van der Waals surface area (Å²) in [4.78, 5) is 10.6. The summed E-state index contributed by atoms with van der Waals surface area (Å²) in [6.45, 7) is 1.90. The Morgan fingerprint density at radius 3 is 2.88 bits per heavy atom. The van der Waals surface area contributed by atoms with Gasteiger partial charge in [0.15, 0.2) is 0 Å². The van der Waals surface area contributed by atoms with Gasteiger partial charge in [-0.1, -0.05) is 0 Å². The largest absolute Gasteiger partial charge is 0.508 e. The number of phenolic OH excluding ortho intramolecular Hbond substituents is 1. The molecule has 0 aliphatic rings. The number of phenols is 1. The van der Waals surface area contributed by atoms with Crippen molar-refractivity contribution in [1.82, 2.24) is 5.32 Å². The number of amides is 1. The Morgan fingerprint density at radius 2 is 2.31 bits per heavy atom. The van der Waals surface area contributed by atoms with E-state index in [-0.39, 0.29) is 18.3 Å². The van der Waals surface area contributed by atoms with E-state index in [2.05, 4.69) is 5.32 Å². The molecular formula is C11H16N2O3. The van der Waals surface area contributed by atoms with Gasteiger partial charge in [0.2, 0.25) is 5.91 Å². The van der Waals surface area contributed by atoms with Crippen molar-refractivity contribution in [2.45, 2.75) is 13.0 Å². The third-order valence-electron chi connectivity index (χ3n) is 2.28. The lowest BCUT2D eigenvalue weighted by Gasteiger charge is -2.15. The summed E-state index contributed by atoms with van der Waals surface area (Å²) in [6, 6.07) is 4.76. The fourth-order valence-corrected chi connectivity index (χ4v) is 1.37. The number of carbonyl (C=O) groups excluding carboxylic acids is 1. The quantitative estimate of drug-likeness (QED) is 0.681. The number of aromatic hydroxyl groups is 1. The fourth-order valence-electron chi connectivity index (χ4n) is 1.37. The van der Waals surface area contributed by atoms with Gasteiger partial charge in [-0.2, -0.15) is 0 Å². The number of hydrogen-bond donors (Lipinski definition) is 3. The molecule has 88 valence electrons. The van der Waals surface area contributed by atoms with Gasteiger partial charge >= 0.3 is 0 Å². The number of rotatable bonds is 5. The topological polar surface area (TPSA) is 84.6 Å². The van der Waals surface area contributed by atoms with Crippen LogP contribution in [0.5, 0.6) is 11.5 Å². The Morgan fingerprint density at radius 1 is 1.62 bits per heavy atom. The van der Waals surface area contributed by atoms with Crippen LogP contribution in [-0.4, -0.2) is 24.7 Å². The lowest BCUT2D eigenvalue weighted by atomic mass is 10.1. The zero-order valence-electron chi connectivity index (χ0n) is 9.36. The van der Waals surface area contributed by atoms with Gasteiger partial charge in [0, 0.05) is 11.6 Å². The normalized spacial score (nSPS) is 12.1. The molecule has 1 amide bonds. The lowest BCUT2D eigenvalue weighted by Crippen LogP contribution is -2.30. The number of ether oxygens (including phenoxy) is 1. The molecule has 0 aliphatic heterocycles. The summed E-state index contributed by atoms with van der Waals surface area (Å²) in [5.74, 6) is 0.375. The van der Waals surface area contributed by atoms with Crippen LogP contribution in [0.15, 0.2) is 18.2 Å². The monoisotopic (exact) mass is 224 g/mol. The molecule has 1 aromatic rings. The first-order chi connectivity index (χ1) is 7.54. The van der Waals surface area contributed by atoms with Crippen LogP contribution >= 0.6 is 0 Å². The predicted molar refractivity (Wildman–Crippen MR) is 60.3 cm³/mol. The van der Waals surface area contributed by atoms with E-state index in [1.54, 1.807) is 25.3 Å². The van der Waals surface area contributed by atoms with Gasteiger partial charge in [0.25, 0.3) is 0 Å². The third-order valence-corrected chi connectivity index (χ3v) is 2.28. The summed E-state index contributed by atoms with van der Waals surface area (Å²) < 4.78 is 5.06. The number of carbonyl (C=O) groups is 1. The molecule has 0 bridgehead atoms. The molecular weight excluding hydrogens is 208 g/mol. The van der Waals surface area contributed by atoms with E-state index in [1.807, 2.05) is 6.92 Å². The minimum absolute atomic E-state index is 0.0673. The highest BCUT2D eigenvalue weighted by Crippen LogP contribution is 2.27. The maximum atomic E-state index is 10.6. The highest BCUT2D eigenvalue weighted by molar-refractivity contribution is 5.75. The lowest BCUT2D eigenvalue weighted by molar-refractivity contribution is -0.117. The molecule has 1 aromatic carbocycles. The molecule has 4 N–H and O–H groups in total. The summed E-state index contributed by atoms with van der Waals surface area (Å²) in [6.07, 6.45) is 0. The highest BCUT2D eigenvalue weighted by Gasteiger charge is 2.11. The number of primary amides is 1. The van der Waals surface area contributed by atoms with Crippen LogP contribution in [0.1, 0.15) is 18.5 Å². The molecule has 0 spiro atoms. The molecule has 0 saturated heterocycles. The second-order valence-electron chi connectivity index (χ2n) is 3.49. The Kier molecular flexibility index (Phi) is 4.13. The van der Waals surface area contributed by atoms with Gasteiger partial charge in [-0.25, -0.2) is 0 Å². The van der Waals surface area contributed by atoms with Crippen molar-refractivity contribution >= 4 is 5.91 Å². The molecule has 1 atom stereocenters. The standard InChI is InChI=1S/C11H16N2O3/c1-7(13-6-11(12)15)9-5-8(16-2)3-4-10(9)14/h3-5,7,13-14H,6H2,1-2H3,(H2,12,15). The molecule has 0 aromatic heterocycles. The SMILES string of the molecule is COc1ccc(O)c(C(C)NCC(N)=O)c1. The highest BCUT2D eigenvalue weighted by atomic mass is 16.5. The first-order valence-electron chi connectivity index (χ1n) is 4.93. The molecule has 0 heterocycles. The van der Waals surface area contributed by atoms with Crippen LogP contribution in [-0.2, 0) is 4.79 Å². The van der Waals surface area contributed by atoms with E-state index in [0.29, 0.717) is 11.3 Å². The number of methoxy groups -OCH3 is 1. The minimum Gasteiger partial charge on any atom is -0.508 e. The number of hydrogen-bond acceptors (Lipinski definition) is 4. The van der Waals surface area contributed by atoms with Crippen molar-refractivity contribution in [3.05, 3.63) is 23.8 Å². The summed E-state index contributed by atoms with van der Waals surface area (Å²) in [5.41, 5.74) is 5.69. The van der Waals surface area contributed by atoms with E-state index >= 15 is 0 Å². The van der Waals surface area contributed by atoms with Crippen LogP contribution in [0.3, 0.4) is 0 Å². The molecule has 0 radical (unpaired) electrons. The summed E-state index contributed by atoms with van der Waals surface area (Å²) in [5, 5.41) is 12.6. The zero-order valence-corrected chi connectivity index (χ0v) is 9.36. The summed E-state index contributed by atoms with van der Waals surface area (Å²) >= 11 is 0. The van der Waals surface area contributed by atoms with E-state index in [4.69, 9.17) is 10.5 Å². The van der Waals surface area contributed by atoms with Gasteiger partial charge in [0.1, 0.15) is 11.5 Å². The van der Waals surface area contributed by atoms with Crippen molar-refractivity contribution in [1.29, 1.82) is 0 Å². The molecule has 0 saturated carbocycles. The summed E-state index contributed by atoms with van der Waals surface area (Å²) in [7, 11) is 1.55. The Balaban J connectivity index is 2.80. The third kappa shape index (κ3) is 3.13. The molecule has 1 rings (SSSR count). The second-order valence-corrected chi connectivity index (χ2v) is 3.49. The molecule has 16 heavy (non-hydrogen) atoms. The second kappa shape index (κ2) is 5.37. The van der Waals surface area contributed by atoms with Crippen LogP contribution < -0.4 is 15.8 Å². The maximum Gasteiger partial charge on any atom is 0.231 e. The molecule has 0 aliphatic carbocycles. The van der Waals surface area contributed by atoms with Gasteiger partial charge in [-0.05, 0) is 25.1 Å². The predicted octanol–water partition coefficient (Wildman–Crippen LogP) is 0.537. The zero-order chi connectivity index (χ0) is 12.1. The minimum atomic E-state index is -0.436. The van der Waals surface area contributed by atoms with Crippen molar-refractivity contribution in [3.8, 4) is 11.5 Å². The average Bonchev–Trinajstić information content (AvgIpc) is 2.26. The Bertz CT molecular complexity index is 379. The van der Waals surface area contributed by atoms with Crippen molar-refractivity contribution in [3.63, 3.8) is 0 Å². The average molecular weight is 224 g/mol. The van der Waals surface area contributed by atoms with Crippen LogP contribution in [0.2, 0.25) is 0 Å².